The first-order valence-electron chi connectivity index (χ1n) is 6.54. The molecule has 2 N–H and O–H groups in total. The van der Waals surface area contributed by atoms with Crippen LogP contribution in [-0.2, 0) is 4.79 Å². The van der Waals surface area contributed by atoms with E-state index < -0.39 is 12.5 Å². The van der Waals surface area contributed by atoms with E-state index in [1.807, 2.05) is 0 Å². The van der Waals surface area contributed by atoms with E-state index in [4.69, 9.17) is 4.74 Å². The van der Waals surface area contributed by atoms with Crippen molar-refractivity contribution in [1.29, 1.82) is 0 Å². The molecule has 0 unspecified atom stereocenters. The zero-order valence-electron chi connectivity index (χ0n) is 12.5. The Kier molecular flexibility index (Phi) is 6.55. The second kappa shape index (κ2) is 8.16. The Labute approximate surface area is 126 Å². The summed E-state index contributed by atoms with van der Waals surface area (Å²) in [7, 11) is 1.27. The van der Waals surface area contributed by atoms with E-state index in [9.17, 15) is 18.4 Å². The number of ether oxygens (including phenoxy) is 2. The van der Waals surface area contributed by atoms with E-state index in [0.717, 1.165) is 0 Å². The topological polar surface area (TPSA) is 76.7 Å². The molecule has 0 saturated carbocycles. The minimum Gasteiger partial charge on any atom is -0.493 e. The number of methoxy groups -OCH3 is 1. The summed E-state index contributed by atoms with van der Waals surface area (Å²) >= 11 is 0. The number of halogens is 2. The zero-order chi connectivity index (χ0) is 16.7. The molecular formula is C14H18F2N2O4. The van der Waals surface area contributed by atoms with Gasteiger partial charge in [0.15, 0.2) is 11.5 Å². The highest BCUT2D eigenvalue weighted by molar-refractivity contribution is 5.97. The monoisotopic (exact) mass is 316 g/mol. The minimum absolute atomic E-state index is 0.000387. The van der Waals surface area contributed by atoms with Crippen LogP contribution in [0.4, 0.5) is 8.78 Å². The van der Waals surface area contributed by atoms with Crippen molar-refractivity contribution in [3.63, 3.8) is 0 Å². The van der Waals surface area contributed by atoms with E-state index >= 15 is 0 Å². The standard InChI is InChI=1S/C14H18F2N2O4/c1-8(2)18-12(19)7-17-13(20)9-4-5-10(22-14(15)16)11(6-9)21-3/h4-6,8,14H,7H2,1-3H3,(H,17,20)(H,18,19). The van der Waals surface area contributed by atoms with Gasteiger partial charge in [-0.1, -0.05) is 0 Å². The Morgan fingerprint density at radius 3 is 2.45 bits per heavy atom. The van der Waals surface area contributed by atoms with Gasteiger partial charge in [-0.2, -0.15) is 8.78 Å². The molecule has 0 spiro atoms. The van der Waals surface area contributed by atoms with Crippen molar-refractivity contribution in [3.8, 4) is 11.5 Å². The van der Waals surface area contributed by atoms with Crippen LogP contribution in [0.5, 0.6) is 11.5 Å². The molecule has 22 heavy (non-hydrogen) atoms. The van der Waals surface area contributed by atoms with Gasteiger partial charge in [0, 0.05) is 11.6 Å². The molecule has 6 nitrogen and oxygen atoms in total. The first-order chi connectivity index (χ1) is 10.3. The lowest BCUT2D eigenvalue weighted by Crippen LogP contribution is -2.39. The maximum atomic E-state index is 12.2. The minimum atomic E-state index is -2.99. The van der Waals surface area contributed by atoms with Crippen molar-refractivity contribution in [2.75, 3.05) is 13.7 Å². The fourth-order valence-corrected chi connectivity index (χ4v) is 1.64. The molecule has 0 bridgehead atoms. The zero-order valence-corrected chi connectivity index (χ0v) is 12.5. The maximum Gasteiger partial charge on any atom is 0.387 e. The van der Waals surface area contributed by atoms with Gasteiger partial charge in [-0.25, -0.2) is 0 Å². The normalized spacial score (nSPS) is 10.5. The highest BCUT2D eigenvalue weighted by atomic mass is 19.3. The summed E-state index contributed by atoms with van der Waals surface area (Å²) in [4.78, 5) is 23.3. The van der Waals surface area contributed by atoms with Gasteiger partial charge in [-0.15, -0.1) is 0 Å². The summed E-state index contributed by atoms with van der Waals surface area (Å²) in [5.41, 5.74) is 0.163. The largest absolute Gasteiger partial charge is 0.493 e. The lowest BCUT2D eigenvalue weighted by atomic mass is 10.2. The fraction of sp³-hybridized carbons (Fsp3) is 0.429. The highest BCUT2D eigenvalue weighted by Gasteiger charge is 2.14. The Bertz CT molecular complexity index is 536. The second-order valence-electron chi connectivity index (χ2n) is 4.65. The van der Waals surface area contributed by atoms with Crippen molar-refractivity contribution < 1.29 is 27.8 Å². The Morgan fingerprint density at radius 1 is 1.23 bits per heavy atom. The molecule has 2 amide bonds. The third kappa shape index (κ3) is 5.55. The molecule has 0 aliphatic carbocycles. The van der Waals surface area contributed by atoms with Crippen molar-refractivity contribution >= 4 is 11.8 Å². The fourth-order valence-electron chi connectivity index (χ4n) is 1.64. The molecule has 0 aliphatic heterocycles. The summed E-state index contributed by atoms with van der Waals surface area (Å²) in [6.45, 7) is 0.418. The molecule has 1 aromatic rings. The van der Waals surface area contributed by atoms with E-state index in [2.05, 4.69) is 15.4 Å². The molecule has 1 aromatic carbocycles. The van der Waals surface area contributed by atoms with Crippen LogP contribution in [0.3, 0.4) is 0 Å². The van der Waals surface area contributed by atoms with Gasteiger partial charge < -0.3 is 20.1 Å². The lowest BCUT2D eigenvalue weighted by molar-refractivity contribution is -0.120. The van der Waals surface area contributed by atoms with Crippen LogP contribution in [0.15, 0.2) is 18.2 Å². The number of nitrogens with one attached hydrogen (secondary N) is 2. The molecule has 0 aromatic heterocycles. The van der Waals surface area contributed by atoms with Crippen LogP contribution < -0.4 is 20.1 Å². The van der Waals surface area contributed by atoms with Crippen LogP contribution in [0, 0.1) is 0 Å². The predicted octanol–water partition coefficient (Wildman–Crippen LogP) is 1.55. The Hall–Kier alpha value is -2.38. The van der Waals surface area contributed by atoms with Gasteiger partial charge in [0.25, 0.3) is 5.91 Å². The third-order valence-electron chi connectivity index (χ3n) is 2.50. The number of carbonyl (C=O) groups excluding carboxylic acids is 2. The molecule has 0 heterocycles. The molecule has 0 atom stereocenters. The van der Waals surface area contributed by atoms with Gasteiger partial charge in [0.1, 0.15) is 0 Å². The molecule has 122 valence electrons. The summed E-state index contributed by atoms with van der Waals surface area (Å²) in [5, 5.41) is 5.04. The number of benzene rings is 1. The Morgan fingerprint density at radius 2 is 1.91 bits per heavy atom. The lowest BCUT2D eigenvalue weighted by Gasteiger charge is -2.12. The first-order valence-corrected chi connectivity index (χ1v) is 6.54. The van der Waals surface area contributed by atoms with E-state index in [1.54, 1.807) is 13.8 Å². The van der Waals surface area contributed by atoms with Gasteiger partial charge >= 0.3 is 6.61 Å². The average Bonchev–Trinajstić information content (AvgIpc) is 2.43. The molecule has 0 fully saturated rings. The first kappa shape index (κ1) is 17.7. The maximum absolute atomic E-state index is 12.2. The smallest absolute Gasteiger partial charge is 0.387 e. The van der Waals surface area contributed by atoms with Gasteiger partial charge in [0.05, 0.1) is 13.7 Å². The van der Waals surface area contributed by atoms with Gasteiger partial charge in [0.2, 0.25) is 5.91 Å². The molecule has 0 aliphatic rings. The van der Waals surface area contributed by atoms with Crippen LogP contribution in [0.2, 0.25) is 0 Å². The van der Waals surface area contributed by atoms with E-state index in [1.165, 1.54) is 25.3 Å². The SMILES string of the molecule is COc1cc(C(=O)NCC(=O)NC(C)C)ccc1OC(F)F. The van der Waals surface area contributed by atoms with Crippen molar-refractivity contribution in [2.45, 2.75) is 26.5 Å². The third-order valence-corrected chi connectivity index (χ3v) is 2.50. The average molecular weight is 316 g/mol. The summed E-state index contributed by atoms with van der Waals surface area (Å²) < 4.78 is 33.6. The van der Waals surface area contributed by atoms with Crippen molar-refractivity contribution in [1.82, 2.24) is 10.6 Å². The van der Waals surface area contributed by atoms with E-state index in [-0.39, 0.29) is 35.6 Å². The molecule has 1 rings (SSSR count). The Balaban J connectivity index is 2.71. The summed E-state index contributed by atoms with van der Waals surface area (Å²) in [6.07, 6.45) is 0. The number of hydrogen-bond donors (Lipinski definition) is 2. The second-order valence-corrected chi connectivity index (χ2v) is 4.65. The molecule has 0 radical (unpaired) electrons. The van der Waals surface area contributed by atoms with Crippen LogP contribution in [0.1, 0.15) is 24.2 Å². The molecular weight excluding hydrogens is 298 g/mol. The number of amides is 2. The van der Waals surface area contributed by atoms with Crippen LogP contribution in [0.25, 0.3) is 0 Å². The summed E-state index contributed by atoms with van der Waals surface area (Å²) in [5.74, 6) is -1.03. The van der Waals surface area contributed by atoms with E-state index in [0.29, 0.717) is 0 Å². The molecule has 8 heteroatoms. The van der Waals surface area contributed by atoms with Crippen LogP contribution in [-0.4, -0.2) is 38.1 Å². The highest BCUT2D eigenvalue weighted by Crippen LogP contribution is 2.29. The van der Waals surface area contributed by atoms with Gasteiger partial charge in [-0.05, 0) is 32.0 Å². The number of hydrogen-bond acceptors (Lipinski definition) is 4. The number of carbonyl (C=O) groups is 2. The molecule has 0 saturated heterocycles. The van der Waals surface area contributed by atoms with Crippen molar-refractivity contribution in [2.24, 2.45) is 0 Å². The predicted molar refractivity (Wildman–Crippen MR) is 75.2 cm³/mol. The van der Waals surface area contributed by atoms with Crippen LogP contribution >= 0.6 is 0 Å². The van der Waals surface area contributed by atoms with Gasteiger partial charge in [-0.3, -0.25) is 9.59 Å². The van der Waals surface area contributed by atoms with Crippen molar-refractivity contribution in [3.05, 3.63) is 23.8 Å². The summed E-state index contributed by atoms with van der Waals surface area (Å²) in [6, 6.07) is 3.73. The quantitative estimate of drug-likeness (QED) is 0.800. The number of alkyl halides is 2. The number of rotatable bonds is 7.